The van der Waals surface area contributed by atoms with Gasteiger partial charge in [-0.05, 0) is 48.9 Å². The fourth-order valence-electron chi connectivity index (χ4n) is 2.60. The monoisotopic (exact) mass is 386 g/mol. The molecule has 0 aromatic heterocycles. The Morgan fingerprint density at radius 2 is 1.85 bits per heavy atom. The van der Waals surface area contributed by atoms with Crippen molar-refractivity contribution < 1.29 is 17.3 Å². The zero-order valence-electron chi connectivity index (χ0n) is 15.0. The highest BCUT2D eigenvalue weighted by molar-refractivity contribution is 7.87. The van der Waals surface area contributed by atoms with Crippen molar-refractivity contribution in [1.82, 2.24) is 4.90 Å². The Morgan fingerprint density at radius 3 is 2.56 bits per heavy atom. The summed E-state index contributed by atoms with van der Waals surface area (Å²) < 4.78 is 35.8. The first-order chi connectivity index (χ1) is 12.9. The fourth-order valence-corrected chi connectivity index (χ4v) is 3.53. The van der Waals surface area contributed by atoms with Crippen LogP contribution in [0.4, 0.5) is 0 Å². The van der Waals surface area contributed by atoms with Crippen LogP contribution in [0.2, 0.25) is 0 Å². The number of rotatable bonds is 7. The Kier molecular flexibility index (Phi) is 5.71. The summed E-state index contributed by atoms with van der Waals surface area (Å²) in [6.45, 7) is 3.73. The third-order valence-corrected chi connectivity index (χ3v) is 5.21. The molecule has 6 nitrogen and oxygen atoms in total. The topological polar surface area (TPSA) is 81.9 Å². The number of hydrogen-bond acceptors (Lipinski definition) is 6. The molecule has 0 radical (unpaired) electrons. The maximum Gasteiger partial charge on any atom is 0.339 e. The molecule has 27 heavy (non-hydrogen) atoms. The van der Waals surface area contributed by atoms with Crippen molar-refractivity contribution in [3.63, 3.8) is 0 Å². The molecule has 1 heterocycles. The van der Waals surface area contributed by atoms with Crippen molar-refractivity contribution in [2.45, 2.75) is 11.8 Å². The fraction of sp³-hybridized carbons (Fsp3) is 0.200. The van der Waals surface area contributed by atoms with E-state index in [1.807, 2.05) is 31.3 Å². The molecule has 7 heteroatoms. The second-order valence-corrected chi connectivity index (χ2v) is 7.74. The third-order valence-electron chi connectivity index (χ3n) is 3.95. The quantitative estimate of drug-likeness (QED) is 0.737. The average Bonchev–Trinajstić information content (AvgIpc) is 2.63. The molecule has 1 aliphatic rings. The summed E-state index contributed by atoms with van der Waals surface area (Å²) in [5.41, 5.74) is 7.30. The number of benzene rings is 2. The van der Waals surface area contributed by atoms with Crippen LogP contribution in [0, 0.1) is 6.92 Å². The van der Waals surface area contributed by atoms with Crippen molar-refractivity contribution in [3.05, 3.63) is 78.1 Å². The predicted molar refractivity (Wildman–Crippen MR) is 104 cm³/mol. The summed E-state index contributed by atoms with van der Waals surface area (Å²) in [5, 5.41) is 0. The number of allylic oxidation sites excluding steroid dienone is 1. The van der Waals surface area contributed by atoms with Gasteiger partial charge in [0.15, 0.2) is 0 Å². The number of aryl methyl sites for hydroxylation is 1. The smallest absolute Gasteiger partial charge is 0.339 e. The lowest BCUT2D eigenvalue weighted by Gasteiger charge is -2.21. The van der Waals surface area contributed by atoms with E-state index in [0.29, 0.717) is 18.9 Å². The molecule has 2 aromatic rings. The molecule has 3 rings (SSSR count). The summed E-state index contributed by atoms with van der Waals surface area (Å²) >= 11 is 0. The van der Waals surface area contributed by atoms with Crippen molar-refractivity contribution in [2.75, 3.05) is 19.7 Å². The summed E-state index contributed by atoms with van der Waals surface area (Å²) in [5.74, 6) is 0.784. The van der Waals surface area contributed by atoms with Crippen molar-refractivity contribution in [2.24, 2.45) is 5.73 Å². The minimum absolute atomic E-state index is 0.109. The predicted octanol–water partition coefficient (Wildman–Crippen LogP) is 2.81. The van der Waals surface area contributed by atoms with Crippen LogP contribution >= 0.6 is 0 Å². The first kappa shape index (κ1) is 18.8. The molecule has 0 bridgehead atoms. The zero-order valence-corrected chi connectivity index (χ0v) is 15.9. The largest absolute Gasteiger partial charge is 0.492 e. The van der Waals surface area contributed by atoms with Gasteiger partial charge in [0.05, 0.1) is 6.54 Å². The van der Waals surface area contributed by atoms with Crippen molar-refractivity contribution in [3.8, 4) is 11.5 Å². The maximum absolute atomic E-state index is 12.4. The van der Waals surface area contributed by atoms with E-state index in [1.165, 1.54) is 12.1 Å². The van der Waals surface area contributed by atoms with E-state index in [9.17, 15) is 8.42 Å². The lowest BCUT2D eigenvalue weighted by molar-refractivity contribution is 0.262. The molecular weight excluding hydrogens is 364 g/mol. The van der Waals surface area contributed by atoms with Gasteiger partial charge in [0.25, 0.3) is 0 Å². The van der Waals surface area contributed by atoms with E-state index in [0.717, 1.165) is 17.8 Å². The van der Waals surface area contributed by atoms with Gasteiger partial charge in [0, 0.05) is 24.5 Å². The van der Waals surface area contributed by atoms with E-state index in [-0.39, 0.29) is 10.6 Å². The number of nitrogens with two attached hydrogens (primary N) is 1. The molecule has 2 aromatic carbocycles. The normalized spacial score (nSPS) is 14.0. The van der Waals surface area contributed by atoms with Crippen LogP contribution in [0.3, 0.4) is 0 Å². The average molecular weight is 386 g/mol. The van der Waals surface area contributed by atoms with E-state index in [2.05, 4.69) is 4.90 Å². The van der Waals surface area contributed by atoms with Crippen LogP contribution in [0.25, 0.3) is 0 Å². The Bertz CT molecular complexity index is 953. The Balaban J connectivity index is 1.63. The van der Waals surface area contributed by atoms with Gasteiger partial charge in [-0.15, -0.1) is 0 Å². The second-order valence-electron chi connectivity index (χ2n) is 6.20. The van der Waals surface area contributed by atoms with E-state index in [1.54, 1.807) is 30.3 Å². The molecule has 0 aliphatic carbocycles. The van der Waals surface area contributed by atoms with Gasteiger partial charge in [-0.1, -0.05) is 18.2 Å². The van der Waals surface area contributed by atoms with E-state index >= 15 is 0 Å². The van der Waals surface area contributed by atoms with Gasteiger partial charge in [0.1, 0.15) is 23.0 Å². The van der Waals surface area contributed by atoms with Crippen LogP contribution in [0.15, 0.2) is 77.5 Å². The van der Waals surface area contributed by atoms with Crippen LogP contribution in [0.1, 0.15) is 5.56 Å². The lowest BCUT2D eigenvalue weighted by atomic mass is 10.2. The minimum atomic E-state index is -3.88. The standard InChI is InChI=1S/C20H22N2O4S/c1-16-13-18(25-12-11-22-9-7-17(21)8-10-22)15-19(14-16)26-27(23,24)20-5-3-2-4-6-20/h2-9,13-15H,10-12,21H2,1H3. The second kappa shape index (κ2) is 8.18. The van der Waals surface area contributed by atoms with Crippen molar-refractivity contribution in [1.29, 1.82) is 0 Å². The zero-order chi connectivity index (χ0) is 19.3. The number of nitrogens with zero attached hydrogens (tertiary/aromatic N) is 1. The van der Waals surface area contributed by atoms with Gasteiger partial charge < -0.3 is 19.6 Å². The summed E-state index contributed by atoms with van der Waals surface area (Å²) in [4.78, 5) is 2.18. The van der Waals surface area contributed by atoms with Gasteiger partial charge in [-0.3, -0.25) is 0 Å². The summed E-state index contributed by atoms with van der Waals surface area (Å²) in [6, 6.07) is 13.1. The highest BCUT2D eigenvalue weighted by atomic mass is 32.2. The molecule has 142 valence electrons. The summed E-state index contributed by atoms with van der Waals surface area (Å²) in [6.07, 6.45) is 5.71. The minimum Gasteiger partial charge on any atom is -0.492 e. The molecule has 0 amide bonds. The number of ether oxygens (including phenoxy) is 1. The third kappa shape index (κ3) is 5.27. The molecule has 1 aliphatic heterocycles. The highest BCUT2D eigenvalue weighted by Crippen LogP contribution is 2.25. The SMILES string of the molecule is Cc1cc(OCCN2C=CC(N)=CC2)cc(OS(=O)(=O)c2ccccc2)c1. The van der Waals surface area contributed by atoms with Gasteiger partial charge in [-0.25, -0.2) is 0 Å². The summed E-state index contributed by atoms with van der Waals surface area (Å²) in [7, 11) is -3.88. The molecule has 2 N–H and O–H groups in total. The first-order valence-corrected chi connectivity index (χ1v) is 9.95. The van der Waals surface area contributed by atoms with Crippen molar-refractivity contribution >= 4 is 10.1 Å². The molecule has 0 spiro atoms. The number of hydrogen-bond donors (Lipinski definition) is 1. The van der Waals surface area contributed by atoms with E-state index < -0.39 is 10.1 Å². The van der Waals surface area contributed by atoms with Gasteiger partial charge in [0.2, 0.25) is 0 Å². The van der Waals surface area contributed by atoms with Gasteiger partial charge in [-0.2, -0.15) is 8.42 Å². The molecule has 0 saturated heterocycles. The molecule has 0 fully saturated rings. The first-order valence-electron chi connectivity index (χ1n) is 8.54. The van der Waals surface area contributed by atoms with Crippen LogP contribution in [-0.2, 0) is 10.1 Å². The van der Waals surface area contributed by atoms with Crippen LogP contribution in [-0.4, -0.2) is 33.0 Å². The lowest BCUT2D eigenvalue weighted by Crippen LogP contribution is -2.26. The Labute approximate surface area is 159 Å². The van der Waals surface area contributed by atoms with Crippen LogP contribution < -0.4 is 14.7 Å². The molecule has 0 atom stereocenters. The van der Waals surface area contributed by atoms with Crippen LogP contribution in [0.5, 0.6) is 11.5 Å². The highest BCUT2D eigenvalue weighted by Gasteiger charge is 2.16. The van der Waals surface area contributed by atoms with E-state index in [4.69, 9.17) is 14.7 Å². The molecule has 0 saturated carbocycles. The molecule has 0 unspecified atom stereocenters. The molecular formula is C20H22N2O4S. The maximum atomic E-state index is 12.4. The Hall–Kier alpha value is -2.93. The Morgan fingerprint density at radius 1 is 1.11 bits per heavy atom. The van der Waals surface area contributed by atoms with Gasteiger partial charge >= 0.3 is 10.1 Å².